The van der Waals surface area contributed by atoms with Crippen LogP contribution in [0.2, 0.25) is 0 Å². The number of amides is 1. The Morgan fingerprint density at radius 1 is 1.00 bits per heavy atom. The van der Waals surface area contributed by atoms with Crippen molar-refractivity contribution in [3.63, 3.8) is 0 Å². The Bertz CT molecular complexity index is 774. The lowest BCUT2D eigenvalue weighted by Gasteiger charge is -2.33. The van der Waals surface area contributed by atoms with E-state index in [1.165, 1.54) is 0 Å². The number of rotatable bonds is 8. The molecule has 3 rings (SSSR count). The highest BCUT2D eigenvalue weighted by Crippen LogP contribution is 2.18. The molecule has 0 aromatic heterocycles. The summed E-state index contributed by atoms with van der Waals surface area (Å²) < 4.78 is 5.39. The average Bonchev–Trinajstić information content (AvgIpc) is 2.74. The molecule has 1 aliphatic rings. The van der Waals surface area contributed by atoms with Crippen molar-refractivity contribution < 1.29 is 19.4 Å². The topological polar surface area (TPSA) is 78.9 Å². The maximum absolute atomic E-state index is 12.4. The standard InChI is InChI=1S/C23H28N2O4/c26-22(27)20-11-13-25(14-12-20)16-21(15-18-7-3-1-4-8-18)24-23(28)29-17-19-9-5-2-6-10-19/h1-10,20-21H,11-17H2,(H,24,28)(H,26,27)/t21-/m0/s1. The van der Waals surface area contributed by atoms with Crippen molar-refractivity contribution in [3.05, 3.63) is 71.8 Å². The van der Waals surface area contributed by atoms with Gasteiger partial charge in [-0.15, -0.1) is 0 Å². The first-order chi connectivity index (χ1) is 14.1. The van der Waals surface area contributed by atoms with Gasteiger partial charge < -0.3 is 20.1 Å². The Balaban J connectivity index is 1.55. The molecular formula is C23H28N2O4. The summed E-state index contributed by atoms with van der Waals surface area (Å²) in [6, 6.07) is 19.5. The highest BCUT2D eigenvalue weighted by molar-refractivity contribution is 5.70. The summed E-state index contributed by atoms with van der Waals surface area (Å²) in [6.45, 7) is 2.35. The third-order valence-electron chi connectivity index (χ3n) is 5.28. The summed E-state index contributed by atoms with van der Waals surface area (Å²) in [5.41, 5.74) is 2.08. The minimum absolute atomic E-state index is 0.109. The first-order valence-electron chi connectivity index (χ1n) is 10.1. The number of hydrogen-bond donors (Lipinski definition) is 2. The first kappa shape index (κ1) is 20.9. The maximum Gasteiger partial charge on any atom is 0.407 e. The quantitative estimate of drug-likeness (QED) is 0.716. The van der Waals surface area contributed by atoms with Crippen LogP contribution in [0.3, 0.4) is 0 Å². The number of alkyl carbamates (subject to hydrolysis) is 1. The van der Waals surface area contributed by atoms with E-state index in [1.807, 2.05) is 60.7 Å². The molecule has 0 spiro atoms. The summed E-state index contributed by atoms with van der Waals surface area (Å²) in [4.78, 5) is 25.8. The van der Waals surface area contributed by atoms with Crippen LogP contribution in [0, 0.1) is 5.92 Å². The van der Waals surface area contributed by atoms with Gasteiger partial charge in [-0.3, -0.25) is 4.79 Å². The molecule has 1 heterocycles. The van der Waals surface area contributed by atoms with E-state index in [-0.39, 0.29) is 18.6 Å². The first-order valence-corrected chi connectivity index (χ1v) is 10.1. The molecule has 0 aliphatic carbocycles. The molecule has 2 N–H and O–H groups in total. The molecule has 6 heteroatoms. The fraction of sp³-hybridized carbons (Fsp3) is 0.391. The molecule has 1 amide bonds. The second kappa shape index (κ2) is 10.6. The Morgan fingerprint density at radius 2 is 1.59 bits per heavy atom. The second-order valence-electron chi connectivity index (χ2n) is 7.51. The molecule has 1 atom stereocenters. The van der Waals surface area contributed by atoms with E-state index in [0.29, 0.717) is 25.8 Å². The Kier molecular flexibility index (Phi) is 7.64. The molecule has 0 unspecified atom stereocenters. The summed E-state index contributed by atoms with van der Waals surface area (Å²) in [5, 5.41) is 12.2. The highest BCUT2D eigenvalue weighted by atomic mass is 16.5. The number of ether oxygens (including phenoxy) is 1. The van der Waals surface area contributed by atoms with Crippen LogP contribution in [-0.2, 0) is 22.6 Å². The molecule has 1 saturated heterocycles. The molecule has 2 aromatic carbocycles. The van der Waals surface area contributed by atoms with E-state index in [0.717, 1.165) is 24.2 Å². The van der Waals surface area contributed by atoms with E-state index in [1.54, 1.807) is 0 Å². The van der Waals surface area contributed by atoms with Gasteiger partial charge in [-0.1, -0.05) is 60.7 Å². The van der Waals surface area contributed by atoms with Crippen molar-refractivity contribution in [3.8, 4) is 0 Å². The van der Waals surface area contributed by atoms with E-state index < -0.39 is 12.1 Å². The number of carbonyl (C=O) groups excluding carboxylic acids is 1. The number of carbonyl (C=O) groups is 2. The lowest BCUT2D eigenvalue weighted by molar-refractivity contribution is -0.143. The molecule has 6 nitrogen and oxygen atoms in total. The van der Waals surface area contributed by atoms with Crippen LogP contribution in [0.25, 0.3) is 0 Å². The zero-order chi connectivity index (χ0) is 20.5. The van der Waals surface area contributed by atoms with Crippen LogP contribution >= 0.6 is 0 Å². The van der Waals surface area contributed by atoms with E-state index >= 15 is 0 Å². The normalized spacial score (nSPS) is 16.1. The van der Waals surface area contributed by atoms with Crippen LogP contribution in [0.1, 0.15) is 24.0 Å². The average molecular weight is 396 g/mol. The van der Waals surface area contributed by atoms with Gasteiger partial charge in [0.25, 0.3) is 0 Å². The van der Waals surface area contributed by atoms with Gasteiger partial charge in [0.15, 0.2) is 0 Å². The molecule has 154 valence electrons. The molecule has 2 aromatic rings. The Morgan fingerprint density at radius 3 is 2.17 bits per heavy atom. The number of nitrogens with zero attached hydrogens (tertiary/aromatic N) is 1. The fourth-order valence-corrected chi connectivity index (χ4v) is 3.67. The van der Waals surface area contributed by atoms with Gasteiger partial charge in [-0.25, -0.2) is 4.79 Å². The lowest BCUT2D eigenvalue weighted by atomic mass is 9.96. The highest BCUT2D eigenvalue weighted by Gasteiger charge is 2.26. The van der Waals surface area contributed by atoms with Gasteiger partial charge in [0, 0.05) is 12.6 Å². The number of carboxylic acids is 1. The zero-order valence-electron chi connectivity index (χ0n) is 16.5. The molecule has 29 heavy (non-hydrogen) atoms. The number of carboxylic acid groups (broad SMARTS) is 1. The van der Waals surface area contributed by atoms with Crippen LogP contribution in [0.4, 0.5) is 4.79 Å². The van der Waals surface area contributed by atoms with Gasteiger partial charge in [0.05, 0.1) is 5.92 Å². The summed E-state index contributed by atoms with van der Waals surface area (Å²) in [7, 11) is 0. The van der Waals surface area contributed by atoms with Gasteiger partial charge >= 0.3 is 12.1 Å². The van der Waals surface area contributed by atoms with Crippen LogP contribution in [-0.4, -0.2) is 47.7 Å². The summed E-state index contributed by atoms with van der Waals surface area (Å²) in [5.74, 6) is -0.976. The predicted octanol–water partition coefficient (Wildman–Crippen LogP) is 3.32. The van der Waals surface area contributed by atoms with Crippen molar-refractivity contribution in [2.24, 2.45) is 5.92 Å². The second-order valence-corrected chi connectivity index (χ2v) is 7.51. The van der Waals surface area contributed by atoms with Crippen LogP contribution in [0.15, 0.2) is 60.7 Å². The van der Waals surface area contributed by atoms with Gasteiger partial charge in [0.2, 0.25) is 0 Å². The van der Waals surface area contributed by atoms with Gasteiger partial charge in [-0.2, -0.15) is 0 Å². The molecule has 1 aliphatic heterocycles. The minimum atomic E-state index is -0.715. The monoisotopic (exact) mass is 396 g/mol. The Hall–Kier alpha value is -2.86. The SMILES string of the molecule is O=C(N[C@@H](Cc1ccccc1)CN1CCC(C(=O)O)CC1)OCc1ccccc1. The Labute approximate surface area is 171 Å². The lowest BCUT2D eigenvalue weighted by Crippen LogP contribution is -2.47. The number of benzene rings is 2. The summed E-state index contributed by atoms with van der Waals surface area (Å²) in [6.07, 6.45) is 1.55. The molecule has 0 saturated carbocycles. The molecule has 1 fully saturated rings. The molecule has 0 radical (unpaired) electrons. The predicted molar refractivity (Wildman–Crippen MR) is 110 cm³/mol. The maximum atomic E-state index is 12.4. The number of hydrogen-bond acceptors (Lipinski definition) is 4. The summed E-state index contributed by atoms with van der Waals surface area (Å²) >= 11 is 0. The van der Waals surface area contributed by atoms with E-state index in [4.69, 9.17) is 4.74 Å². The molecule has 0 bridgehead atoms. The number of nitrogens with one attached hydrogen (secondary N) is 1. The van der Waals surface area contributed by atoms with Crippen molar-refractivity contribution in [2.75, 3.05) is 19.6 Å². The third-order valence-corrected chi connectivity index (χ3v) is 5.28. The smallest absolute Gasteiger partial charge is 0.407 e. The minimum Gasteiger partial charge on any atom is -0.481 e. The van der Waals surface area contributed by atoms with Crippen LogP contribution in [0.5, 0.6) is 0 Å². The van der Waals surface area contributed by atoms with Gasteiger partial charge in [0.1, 0.15) is 6.61 Å². The van der Waals surface area contributed by atoms with Crippen molar-refractivity contribution in [1.29, 1.82) is 0 Å². The number of likely N-dealkylation sites (tertiary alicyclic amines) is 1. The van der Waals surface area contributed by atoms with Crippen molar-refractivity contribution in [2.45, 2.75) is 31.9 Å². The fourth-order valence-electron chi connectivity index (χ4n) is 3.67. The number of aliphatic carboxylic acids is 1. The van der Waals surface area contributed by atoms with Crippen LogP contribution < -0.4 is 5.32 Å². The van der Waals surface area contributed by atoms with Crippen molar-refractivity contribution in [1.82, 2.24) is 10.2 Å². The zero-order valence-corrected chi connectivity index (χ0v) is 16.5. The van der Waals surface area contributed by atoms with Crippen molar-refractivity contribution >= 4 is 12.1 Å². The molecular weight excluding hydrogens is 368 g/mol. The van der Waals surface area contributed by atoms with E-state index in [2.05, 4.69) is 10.2 Å². The van der Waals surface area contributed by atoms with E-state index in [9.17, 15) is 14.7 Å². The third kappa shape index (κ3) is 6.91. The number of piperidine rings is 1. The van der Waals surface area contributed by atoms with Gasteiger partial charge in [-0.05, 0) is 43.5 Å². The largest absolute Gasteiger partial charge is 0.481 e.